The van der Waals surface area contributed by atoms with E-state index < -0.39 is 0 Å². The van der Waals surface area contributed by atoms with Gasteiger partial charge in [0.05, 0.1) is 17.2 Å². The number of fused-ring (bicyclic) bond motifs is 3. The summed E-state index contributed by atoms with van der Waals surface area (Å²) in [6.07, 6.45) is 13.4. The summed E-state index contributed by atoms with van der Waals surface area (Å²) in [7, 11) is 0. The highest BCUT2D eigenvalue weighted by Gasteiger charge is 2.29. The Morgan fingerprint density at radius 2 is 1.87 bits per heavy atom. The van der Waals surface area contributed by atoms with E-state index in [1.807, 2.05) is 38.4 Å². The van der Waals surface area contributed by atoms with Gasteiger partial charge in [-0.05, 0) is 48.6 Å². The Morgan fingerprint density at radius 3 is 2.65 bits per heavy atom. The number of phenols is 1. The Kier molecular flexibility index (Phi) is 5.08. The number of H-pyrrole nitrogens is 2. The summed E-state index contributed by atoms with van der Waals surface area (Å²) in [5.41, 5.74) is 8.09. The van der Waals surface area contributed by atoms with E-state index >= 15 is 0 Å². The van der Waals surface area contributed by atoms with E-state index in [0.29, 0.717) is 12.1 Å². The van der Waals surface area contributed by atoms with Crippen molar-refractivity contribution in [2.75, 3.05) is 0 Å². The van der Waals surface area contributed by atoms with Crippen LogP contribution >= 0.6 is 0 Å². The van der Waals surface area contributed by atoms with Crippen LogP contribution in [0.25, 0.3) is 38.9 Å². The fourth-order valence-electron chi connectivity index (χ4n) is 4.68. The number of nitrogens with one attached hydrogen (secondary N) is 3. The number of phenolic OH excluding ortho intramolecular Hbond substituents is 1. The van der Waals surface area contributed by atoms with E-state index in [9.17, 15) is 5.11 Å². The van der Waals surface area contributed by atoms with Crippen LogP contribution in [0.4, 0.5) is 0 Å². The van der Waals surface area contributed by atoms with Crippen molar-refractivity contribution >= 4 is 16.6 Å². The lowest BCUT2D eigenvalue weighted by molar-refractivity contribution is 0.477. The molecule has 1 aromatic carbocycles. The SMILES string of the molecule is CC.Oc1cc(-c2cn[nH]c2)ccc1-c1cnc2c(C3=CC4CCC(C3)N4)c[nH]c2c1. The molecule has 3 aromatic heterocycles. The molecule has 1 fully saturated rings. The fourth-order valence-corrected chi connectivity index (χ4v) is 4.68. The minimum Gasteiger partial charge on any atom is -0.507 e. The van der Waals surface area contributed by atoms with Gasteiger partial charge in [-0.25, -0.2) is 0 Å². The molecule has 158 valence electrons. The second kappa shape index (κ2) is 8.04. The normalized spacial score (nSPS) is 19.7. The standard InChI is InChI=1S/C23H21N5O.C2H6/c29-22-8-13(16-10-26-27-11-16)1-4-19(22)15-7-21-23(25-9-15)20(12-24-21)14-5-17-2-3-18(6-14)28-17;1-2/h1,4-5,7-12,17-18,24,28-29H,2-3,6H2,(H,26,27);1-2H3. The van der Waals surface area contributed by atoms with Gasteiger partial charge in [0.1, 0.15) is 5.75 Å². The molecule has 0 spiro atoms. The summed E-state index contributed by atoms with van der Waals surface area (Å²) in [5.74, 6) is 0.231. The summed E-state index contributed by atoms with van der Waals surface area (Å²) in [5, 5.41) is 21.0. The van der Waals surface area contributed by atoms with Crippen molar-refractivity contribution in [3.63, 3.8) is 0 Å². The lowest BCUT2D eigenvalue weighted by Gasteiger charge is -2.20. The van der Waals surface area contributed by atoms with Crippen LogP contribution in [0, 0.1) is 0 Å². The number of aromatic nitrogens is 4. The summed E-state index contributed by atoms with van der Waals surface area (Å²) < 4.78 is 0. The smallest absolute Gasteiger partial charge is 0.124 e. The summed E-state index contributed by atoms with van der Waals surface area (Å²) in [4.78, 5) is 8.14. The quantitative estimate of drug-likeness (QED) is 0.369. The number of rotatable bonds is 3. The maximum absolute atomic E-state index is 10.6. The van der Waals surface area contributed by atoms with E-state index in [4.69, 9.17) is 4.98 Å². The number of aromatic hydroxyl groups is 1. The number of benzene rings is 1. The summed E-state index contributed by atoms with van der Waals surface area (Å²) in [6, 6.07) is 8.83. The molecule has 6 rings (SSSR count). The van der Waals surface area contributed by atoms with Gasteiger partial charge >= 0.3 is 0 Å². The number of hydrogen-bond donors (Lipinski definition) is 4. The lowest BCUT2D eigenvalue weighted by atomic mass is 9.97. The molecule has 6 heteroatoms. The van der Waals surface area contributed by atoms with Gasteiger partial charge in [0, 0.05) is 52.9 Å². The molecule has 0 saturated carbocycles. The van der Waals surface area contributed by atoms with Gasteiger partial charge in [-0.3, -0.25) is 10.1 Å². The molecule has 2 bridgehead atoms. The van der Waals surface area contributed by atoms with Gasteiger partial charge in [0.15, 0.2) is 0 Å². The minimum absolute atomic E-state index is 0.231. The van der Waals surface area contributed by atoms with Gasteiger partial charge in [0.25, 0.3) is 0 Å². The van der Waals surface area contributed by atoms with Crippen molar-refractivity contribution in [2.24, 2.45) is 0 Å². The maximum atomic E-state index is 10.6. The highest BCUT2D eigenvalue weighted by molar-refractivity contribution is 5.92. The topological polar surface area (TPSA) is 89.6 Å². The Bertz CT molecular complexity index is 1240. The van der Waals surface area contributed by atoms with Crippen LogP contribution in [-0.4, -0.2) is 37.4 Å². The van der Waals surface area contributed by atoms with Crippen molar-refractivity contribution in [2.45, 2.75) is 45.2 Å². The first-order chi connectivity index (χ1) is 15.2. The minimum atomic E-state index is 0.231. The molecule has 6 nitrogen and oxygen atoms in total. The van der Waals surface area contributed by atoms with Crippen molar-refractivity contribution in [3.05, 3.63) is 60.7 Å². The van der Waals surface area contributed by atoms with Gasteiger partial charge in [-0.1, -0.05) is 26.0 Å². The molecule has 0 radical (unpaired) electrons. The molecule has 2 aliphatic heterocycles. The molecule has 5 heterocycles. The van der Waals surface area contributed by atoms with Crippen LogP contribution in [0.2, 0.25) is 0 Å². The predicted molar refractivity (Wildman–Crippen MR) is 125 cm³/mol. The third-order valence-electron chi connectivity index (χ3n) is 6.15. The largest absolute Gasteiger partial charge is 0.507 e. The van der Waals surface area contributed by atoms with Crippen LogP contribution in [0.3, 0.4) is 0 Å². The third kappa shape index (κ3) is 3.53. The number of hydrogen-bond acceptors (Lipinski definition) is 4. The van der Waals surface area contributed by atoms with Gasteiger partial charge < -0.3 is 15.4 Å². The molecular weight excluding hydrogens is 386 g/mol. The van der Waals surface area contributed by atoms with E-state index in [1.54, 1.807) is 12.3 Å². The fraction of sp³-hybridized carbons (Fsp3) is 0.280. The van der Waals surface area contributed by atoms with Gasteiger partial charge in [-0.15, -0.1) is 0 Å². The van der Waals surface area contributed by atoms with Crippen LogP contribution in [0.5, 0.6) is 5.75 Å². The average Bonchev–Trinajstić information content (AvgIpc) is 3.55. The highest BCUT2D eigenvalue weighted by atomic mass is 16.3. The molecular formula is C25H27N5O. The molecule has 4 aromatic rings. The first kappa shape index (κ1) is 19.6. The van der Waals surface area contributed by atoms with Crippen molar-refractivity contribution in [1.29, 1.82) is 0 Å². The Morgan fingerprint density at radius 1 is 0.968 bits per heavy atom. The molecule has 0 amide bonds. The monoisotopic (exact) mass is 413 g/mol. The van der Waals surface area contributed by atoms with E-state index in [1.165, 1.54) is 24.0 Å². The zero-order valence-electron chi connectivity index (χ0n) is 17.8. The predicted octanol–water partition coefficient (Wildman–Crippen LogP) is 5.26. The van der Waals surface area contributed by atoms with Crippen molar-refractivity contribution < 1.29 is 5.11 Å². The Hall–Kier alpha value is -3.38. The summed E-state index contributed by atoms with van der Waals surface area (Å²) >= 11 is 0. The maximum Gasteiger partial charge on any atom is 0.124 e. The molecule has 2 unspecified atom stereocenters. The van der Waals surface area contributed by atoms with Crippen LogP contribution in [-0.2, 0) is 0 Å². The van der Waals surface area contributed by atoms with Gasteiger partial charge in [-0.2, -0.15) is 5.10 Å². The molecule has 2 aliphatic rings. The molecule has 1 saturated heterocycles. The van der Waals surface area contributed by atoms with E-state index in [-0.39, 0.29) is 5.75 Å². The van der Waals surface area contributed by atoms with Gasteiger partial charge in [0.2, 0.25) is 0 Å². The zero-order chi connectivity index (χ0) is 21.4. The van der Waals surface area contributed by atoms with Crippen LogP contribution in [0.15, 0.2) is 55.1 Å². The molecule has 31 heavy (non-hydrogen) atoms. The molecule has 2 atom stereocenters. The second-order valence-corrected chi connectivity index (χ2v) is 7.98. The van der Waals surface area contributed by atoms with E-state index in [0.717, 1.165) is 39.7 Å². The first-order valence-electron chi connectivity index (χ1n) is 11.0. The van der Waals surface area contributed by atoms with E-state index in [2.05, 4.69) is 38.8 Å². The average molecular weight is 414 g/mol. The molecule has 0 aliphatic carbocycles. The third-order valence-corrected chi connectivity index (χ3v) is 6.15. The Balaban J connectivity index is 0.000000994. The highest BCUT2D eigenvalue weighted by Crippen LogP contribution is 2.37. The van der Waals surface area contributed by atoms with Crippen LogP contribution < -0.4 is 5.32 Å². The second-order valence-electron chi connectivity index (χ2n) is 7.98. The lowest BCUT2D eigenvalue weighted by Crippen LogP contribution is -2.31. The van der Waals surface area contributed by atoms with Crippen LogP contribution in [0.1, 0.15) is 38.7 Å². The summed E-state index contributed by atoms with van der Waals surface area (Å²) in [6.45, 7) is 4.00. The number of pyridine rings is 1. The van der Waals surface area contributed by atoms with Crippen molar-refractivity contribution in [1.82, 2.24) is 25.5 Å². The number of nitrogens with zero attached hydrogens (tertiary/aromatic N) is 2. The first-order valence-corrected chi connectivity index (χ1v) is 11.0. The number of aromatic amines is 2. The van der Waals surface area contributed by atoms with Crippen molar-refractivity contribution in [3.8, 4) is 28.0 Å². The molecule has 4 N–H and O–H groups in total. The zero-order valence-corrected chi connectivity index (χ0v) is 17.8. The Labute approximate surface area is 181 Å².